The van der Waals surface area contributed by atoms with E-state index in [1.54, 1.807) is 0 Å². The van der Waals surface area contributed by atoms with Crippen LogP contribution in [0.1, 0.15) is 23.1 Å². The van der Waals surface area contributed by atoms with Crippen LogP contribution in [0, 0.1) is 19.8 Å². The minimum Gasteiger partial charge on any atom is -0.319 e. The van der Waals surface area contributed by atoms with Crippen molar-refractivity contribution < 1.29 is 0 Å². The quantitative estimate of drug-likeness (QED) is 0.903. The number of halogens is 1. The van der Waals surface area contributed by atoms with Gasteiger partial charge in [-0.2, -0.15) is 0 Å². The van der Waals surface area contributed by atoms with Gasteiger partial charge in [0.2, 0.25) is 0 Å². The lowest BCUT2D eigenvalue weighted by Crippen LogP contribution is -2.24. The molecule has 1 fully saturated rings. The summed E-state index contributed by atoms with van der Waals surface area (Å²) in [6.07, 6.45) is 1.34. The maximum absolute atomic E-state index is 3.29. The molecule has 0 amide bonds. The zero-order chi connectivity index (χ0) is 12.3. The summed E-state index contributed by atoms with van der Waals surface area (Å²) in [4.78, 5) is 2.59. The first-order valence-corrected chi connectivity index (χ1v) is 6.62. The molecule has 3 heteroatoms. The number of aryl methyl sites for hydroxylation is 2. The van der Waals surface area contributed by atoms with Gasteiger partial charge in [0.15, 0.2) is 0 Å². The van der Waals surface area contributed by atoms with Crippen molar-refractivity contribution in [1.82, 2.24) is 10.2 Å². The Labute approximate surface area is 117 Å². The first kappa shape index (κ1) is 15.5. The second-order valence-corrected chi connectivity index (χ2v) is 5.38. The third-order valence-electron chi connectivity index (χ3n) is 3.76. The van der Waals surface area contributed by atoms with Gasteiger partial charge in [0, 0.05) is 13.1 Å². The highest BCUT2D eigenvalue weighted by Crippen LogP contribution is 2.20. The van der Waals surface area contributed by atoms with Crippen LogP contribution in [0.5, 0.6) is 0 Å². The minimum absolute atomic E-state index is 0. The standard InChI is InChI=1S/C15H24N2.ClH/c1-12-4-5-13(2)15(8-12)11-17-7-6-14(10-17)9-16-3;/h4-5,8,14,16H,6-7,9-11H2,1-3H3;1H. The van der Waals surface area contributed by atoms with Gasteiger partial charge in [-0.25, -0.2) is 0 Å². The molecule has 1 N–H and O–H groups in total. The molecule has 0 aliphatic carbocycles. The Balaban J connectivity index is 0.00000162. The Hall–Kier alpha value is -0.570. The van der Waals surface area contributed by atoms with E-state index < -0.39 is 0 Å². The number of benzene rings is 1. The summed E-state index contributed by atoms with van der Waals surface area (Å²) >= 11 is 0. The van der Waals surface area contributed by atoms with E-state index in [9.17, 15) is 0 Å². The van der Waals surface area contributed by atoms with Crippen LogP contribution in [0.4, 0.5) is 0 Å². The fraction of sp³-hybridized carbons (Fsp3) is 0.600. The summed E-state index contributed by atoms with van der Waals surface area (Å²) in [5, 5.41) is 3.29. The predicted molar refractivity (Wildman–Crippen MR) is 80.5 cm³/mol. The van der Waals surface area contributed by atoms with Gasteiger partial charge >= 0.3 is 0 Å². The second kappa shape index (κ2) is 7.13. The predicted octanol–water partition coefficient (Wildman–Crippen LogP) is 2.77. The Morgan fingerprint density at radius 2 is 2.11 bits per heavy atom. The molecule has 0 bridgehead atoms. The summed E-state index contributed by atoms with van der Waals surface area (Å²) < 4.78 is 0. The van der Waals surface area contributed by atoms with Crippen LogP contribution in [-0.4, -0.2) is 31.6 Å². The maximum Gasteiger partial charge on any atom is 0.0236 e. The molecule has 0 radical (unpaired) electrons. The van der Waals surface area contributed by atoms with Gasteiger partial charge in [-0.3, -0.25) is 4.90 Å². The summed E-state index contributed by atoms with van der Waals surface area (Å²) in [5.41, 5.74) is 4.29. The highest BCUT2D eigenvalue weighted by Gasteiger charge is 2.21. The number of nitrogens with zero attached hydrogens (tertiary/aromatic N) is 1. The molecule has 0 saturated carbocycles. The molecule has 1 saturated heterocycles. The van der Waals surface area contributed by atoms with Crippen LogP contribution in [0.2, 0.25) is 0 Å². The van der Waals surface area contributed by atoms with Crippen molar-refractivity contribution >= 4 is 12.4 Å². The monoisotopic (exact) mass is 268 g/mol. The lowest BCUT2D eigenvalue weighted by atomic mass is 10.1. The van der Waals surface area contributed by atoms with E-state index in [2.05, 4.69) is 42.3 Å². The molecule has 102 valence electrons. The van der Waals surface area contributed by atoms with Gasteiger partial charge in [0.05, 0.1) is 0 Å². The van der Waals surface area contributed by atoms with Gasteiger partial charge in [0.25, 0.3) is 0 Å². The highest BCUT2D eigenvalue weighted by molar-refractivity contribution is 5.85. The molecule has 1 aliphatic rings. The molecular formula is C15H25ClN2. The normalized spacial score (nSPS) is 19.8. The van der Waals surface area contributed by atoms with Crippen LogP contribution < -0.4 is 5.32 Å². The van der Waals surface area contributed by atoms with Gasteiger partial charge in [-0.1, -0.05) is 23.8 Å². The van der Waals surface area contributed by atoms with Gasteiger partial charge in [-0.15, -0.1) is 12.4 Å². The zero-order valence-corrected chi connectivity index (χ0v) is 12.5. The Morgan fingerprint density at radius 1 is 1.33 bits per heavy atom. The third-order valence-corrected chi connectivity index (χ3v) is 3.76. The van der Waals surface area contributed by atoms with E-state index in [1.807, 2.05) is 7.05 Å². The first-order chi connectivity index (χ1) is 8.19. The van der Waals surface area contributed by atoms with Crippen molar-refractivity contribution in [3.8, 4) is 0 Å². The minimum atomic E-state index is 0. The molecule has 2 rings (SSSR count). The van der Waals surface area contributed by atoms with Gasteiger partial charge in [-0.05, 0) is 57.5 Å². The van der Waals surface area contributed by atoms with E-state index in [-0.39, 0.29) is 12.4 Å². The molecule has 0 aromatic heterocycles. The molecule has 2 nitrogen and oxygen atoms in total. The summed E-state index contributed by atoms with van der Waals surface area (Å²) in [6, 6.07) is 6.78. The molecule has 1 unspecified atom stereocenters. The number of rotatable bonds is 4. The lowest BCUT2D eigenvalue weighted by molar-refractivity contribution is 0.315. The second-order valence-electron chi connectivity index (χ2n) is 5.38. The largest absolute Gasteiger partial charge is 0.319 e. The van der Waals surface area contributed by atoms with Crippen molar-refractivity contribution in [2.45, 2.75) is 26.8 Å². The number of likely N-dealkylation sites (tertiary alicyclic amines) is 1. The highest BCUT2D eigenvalue weighted by atomic mass is 35.5. The van der Waals surface area contributed by atoms with Crippen molar-refractivity contribution in [2.75, 3.05) is 26.7 Å². The molecular weight excluding hydrogens is 244 g/mol. The van der Waals surface area contributed by atoms with Crippen molar-refractivity contribution in [3.05, 3.63) is 34.9 Å². The number of hydrogen-bond acceptors (Lipinski definition) is 2. The Bertz CT molecular complexity index is 379. The van der Waals surface area contributed by atoms with E-state index in [4.69, 9.17) is 0 Å². The van der Waals surface area contributed by atoms with E-state index in [0.29, 0.717) is 0 Å². The topological polar surface area (TPSA) is 15.3 Å². The molecule has 1 aromatic carbocycles. The van der Waals surface area contributed by atoms with Crippen molar-refractivity contribution in [1.29, 1.82) is 0 Å². The first-order valence-electron chi connectivity index (χ1n) is 6.62. The molecule has 0 spiro atoms. The van der Waals surface area contributed by atoms with Crippen LogP contribution in [0.25, 0.3) is 0 Å². The fourth-order valence-electron chi connectivity index (χ4n) is 2.72. The van der Waals surface area contributed by atoms with Crippen LogP contribution in [0.3, 0.4) is 0 Å². The fourth-order valence-corrected chi connectivity index (χ4v) is 2.72. The van der Waals surface area contributed by atoms with Crippen LogP contribution >= 0.6 is 12.4 Å². The van der Waals surface area contributed by atoms with Gasteiger partial charge < -0.3 is 5.32 Å². The maximum atomic E-state index is 3.29. The average molecular weight is 269 g/mol. The SMILES string of the molecule is CNCC1CCN(Cc2cc(C)ccc2C)C1.Cl. The Kier molecular flexibility index (Phi) is 6.13. The molecule has 18 heavy (non-hydrogen) atoms. The number of nitrogens with one attached hydrogen (secondary N) is 1. The van der Waals surface area contributed by atoms with E-state index >= 15 is 0 Å². The molecule has 1 atom stereocenters. The summed E-state index contributed by atoms with van der Waals surface area (Å²) in [6.45, 7) is 9.16. The van der Waals surface area contributed by atoms with E-state index in [1.165, 1.54) is 36.2 Å². The van der Waals surface area contributed by atoms with E-state index in [0.717, 1.165) is 19.0 Å². The smallest absolute Gasteiger partial charge is 0.0236 e. The number of hydrogen-bond donors (Lipinski definition) is 1. The average Bonchev–Trinajstić information content (AvgIpc) is 2.72. The molecule has 1 aliphatic heterocycles. The lowest BCUT2D eigenvalue weighted by Gasteiger charge is -2.18. The molecule has 1 heterocycles. The van der Waals surface area contributed by atoms with Crippen LogP contribution in [-0.2, 0) is 6.54 Å². The van der Waals surface area contributed by atoms with Crippen molar-refractivity contribution in [3.63, 3.8) is 0 Å². The molecule has 1 aromatic rings. The van der Waals surface area contributed by atoms with Crippen molar-refractivity contribution in [2.24, 2.45) is 5.92 Å². The zero-order valence-electron chi connectivity index (χ0n) is 11.7. The van der Waals surface area contributed by atoms with Gasteiger partial charge in [0.1, 0.15) is 0 Å². The summed E-state index contributed by atoms with van der Waals surface area (Å²) in [5.74, 6) is 0.838. The van der Waals surface area contributed by atoms with Crippen LogP contribution in [0.15, 0.2) is 18.2 Å². The summed E-state index contributed by atoms with van der Waals surface area (Å²) in [7, 11) is 2.05. The third kappa shape index (κ3) is 3.98. The Morgan fingerprint density at radius 3 is 2.83 bits per heavy atom.